The van der Waals surface area contributed by atoms with Crippen molar-refractivity contribution < 1.29 is 22.4 Å². The fraction of sp³-hybridized carbons (Fsp3) is 0.429. The van der Waals surface area contributed by atoms with Crippen LogP contribution in [0.25, 0.3) is 0 Å². The van der Waals surface area contributed by atoms with Gasteiger partial charge in [-0.25, -0.2) is 12.8 Å². The standard InChI is InChI=1S/C21H26FN3O4S2/c22-17-6-4-16(5-7-17)14-19(26)23-10-11-24-20(27)15-18-8-9-21(30-18)31(28,29)25-12-2-1-3-13-25/h4-9H,1-3,10-15H2,(H,23,26)(H,24,27). The fourth-order valence-electron chi connectivity index (χ4n) is 3.30. The maximum Gasteiger partial charge on any atom is 0.252 e. The van der Waals surface area contributed by atoms with Crippen molar-refractivity contribution in [2.45, 2.75) is 36.3 Å². The molecule has 0 bridgehead atoms. The van der Waals surface area contributed by atoms with Crippen LogP contribution in [0.5, 0.6) is 0 Å². The maximum atomic E-state index is 12.9. The molecule has 0 unspecified atom stereocenters. The summed E-state index contributed by atoms with van der Waals surface area (Å²) >= 11 is 1.12. The molecule has 1 fully saturated rings. The molecule has 1 aliphatic rings. The first-order valence-corrected chi connectivity index (χ1v) is 12.5. The smallest absolute Gasteiger partial charge is 0.252 e. The van der Waals surface area contributed by atoms with Gasteiger partial charge < -0.3 is 10.6 Å². The summed E-state index contributed by atoms with van der Waals surface area (Å²) < 4.78 is 40.0. The number of halogens is 1. The molecule has 0 spiro atoms. The van der Waals surface area contributed by atoms with Crippen molar-refractivity contribution in [1.29, 1.82) is 0 Å². The van der Waals surface area contributed by atoms with Gasteiger partial charge in [0, 0.05) is 31.1 Å². The van der Waals surface area contributed by atoms with Crippen LogP contribution in [0, 0.1) is 5.82 Å². The SMILES string of the molecule is O=C(Cc1ccc(F)cc1)NCCNC(=O)Cc1ccc(S(=O)(=O)N2CCCCC2)s1. The summed E-state index contributed by atoms with van der Waals surface area (Å²) in [6.07, 6.45) is 3.02. The van der Waals surface area contributed by atoms with Crippen molar-refractivity contribution >= 4 is 33.2 Å². The Morgan fingerprint density at radius 3 is 2.16 bits per heavy atom. The van der Waals surface area contributed by atoms with Crippen LogP contribution in [0.3, 0.4) is 0 Å². The first-order valence-electron chi connectivity index (χ1n) is 10.2. The Labute approximate surface area is 185 Å². The second-order valence-electron chi connectivity index (χ2n) is 7.37. The Kier molecular flexibility index (Phi) is 8.16. The van der Waals surface area contributed by atoms with Gasteiger partial charge in [0.2, 0.25) is 11.8 Å². The van der Waals surface area contributed by atoms with E-state index in [-0.39, 0.29) is 47.8 Å². The van der Waals surface area contributed by atoms with E-state index in [0.29, 0.717) is 23.5 Å². The van der Waals surface area contributed by atoms with Crippen LogP contribution in [-0.4, -0.2) is 50.7 Å². The van der Waals surface area contributed by atoms with Crippen molar-refractivity contribution in [3.05, 3.63) is 52.7 Å². The number of sulfonamides is 1. The third-order valence-corrected chi connectivity index (χ3v) is 8.38. The van der Waals surface area contributed by atoms with E-state index in [2.05, 4.69) is 10.6 Å². The third-order valence-electron chi connectivity index (χ3n) is 4.93. The number of hydrogen-bond donors (Lipinski definition) is 2. The third kappa shape index (κ3) is 6.84. The lowest BCUT2D eigenvalue weighted by atomic mass is 10.1. The Hall–Kier alpha value is -2.30. The number of nitrogens with zero attached hydrogens (tertiary/aromatic N) is 1. The molecule has 2 heterocycles. The number of hydrogen-bond acceptors (Lipinski definition) is 5. The van der Waals surface area contributed by atoms with Crippen LogP contribution in [0.15, 0.2) is 40.6 Å². The molecule has 2 N–H and O–H groups in total. The minimum atomic E-state index is -3.48. The molecule has 0 atom stereocenters. The molecule has 2 amide bonds. The van der Waals surface area contributed by atoms with Crippen molar-refractivity contribution in [3.8, 4) is 0 Å². The normalized spacial score (nSPS) is 14.9. The van der Waals surface area contributed by atoms with Gasteiger partial charge in [0.1, 0.15) is 10.0 Å². The van der Waals surface area contributed by atoms with Crippen LogP contribution >= 0.6 is 11.3 Å². The highest BCUT2D eigenvalue weighted by Crippen LogP contribution is 2.27. The maximum absolute atomic E-state index is 12.9. The van der Waals surface area contributed by atoms with Gasteiger partial charge in [0.15, 0.2) is 0 Å². The monoisotopic (exact) mass is 467 g/mol. The fourth-order valence-corrected chi connectivity index (χ4v) is 6.32. The quantitative estimate of drug-likeness (QED) is 0.552. The molecule has 1 aromatic heterocycles. The molecule has 7 nitrogen and oxygen atoms in total. The summed E-state index contributed by atoms with van der Waals surface area (Å²) in [7, 11) is -3.48. The number of amides is 2. The molecule has 1 aliphatic heterocycles. The minimum absolute atomic E-state index is 0.0870. The van der Waals surface area contributed by atoms with Crippen LogP contribution in [-0.2, 0) is 32.5 Å². The van der Waals surface area contributed by atoms with E-state index in [1.165, 1.54) is 16.4 Å². The molecule has 31 heavy (non-hydrogen) atoms. The number of benzene rings is 1. The van der Waals surface area contributed by atoms with Gasteiger partial charge in [0.25, 0.3) is 10.0 Å². The second kappa shape index (κ2) is 10.8. The Morgan fingerprint density at radius 1 is 0.903 bits per heavy atom. The zero-order valence-electron chi connectivity index (χ0n) is 17.1. The van der Waals surface area contributed by atoms with Gasteiger partial charge >= 0.3 is 0 Å². The lowest BCUT2D eigenvalue weighted by molar-refractivity contribution is -0.122. The van der Waals surface area contributed by atoms with Gasteiger partial charge in [-0.05, 0) is 42.7 Å². The molecule has 168 valence electrons. The second-order valence-corrected chi connectivity index (χ2v) is 10.7. The number of thiophene rings is 1. The van der Waals surface area contributed by atoms with Crippen molar-refractivity contribution in [2.24, 2.45) is 0 Å². The molecule has 3 rings (SSSR count). The van der Waals surface area contributed by atoms with E-state index in [1.54, 1.807) is 24.3 Å². The number of piperidine rings is 1. The Bertz CT molecular complexity index is 1000. The number of carbonyl (C=O) groups excluding carboxylic acids is 2. The van der Waals surface area contributed by atoms with E-state index >= 15 is 0 Å². The summed E-state index contributed by atoms with van der Waals surface area (Å²) in [6, 6.07) is 8.94. The van der Waals surface area contributed by atoms with Gasteiger partial charge in [0.05, 0.1) is 12.8 Å². The summed E-state index contributed by atoms with van der Waals surface area (Å²) in [6.45, 7) is 1.62. The molecule has 0 aliphatic carbocycles. The van der Waals surface area contributed by atoms with Crippen LogP contribution in [0.1, 0.15) is 29.7 Å². The molecular weight excluding hydrogens is 441 g/mol. The van der Waals surface area contributed by atoms with Crippen molar-refractivity contribution in [3.63, 3.8) is 0 Å². The molecular formula is C21H26FN3O4S2. The molecule has 1 saturated heterocycles. The molecule has 10 heteroatoms. The zero-order chi connectivity index (χ0) is 22.3. The van der Waals surface area contributed by atoms with Crippen molar-refractivity contribution in [1.82, 2.24) is 14.9 Å². The van der Waals surface area contributed by atoms with Gasteiger partial charge in [-0.1, -0.05) is 18.6 Å². The van der Waals surface area contributed by atoms with Gasteiger partial charge in [-0.3, -0.25) is 9.59 Å². The molecule has 2 aromatic rings. The average Bonchev–Trinajstić information content (AvgIpc) is 3.23. The highest BCUT2D eigenvalue weighted by molar-refractivity contribution is 7.91. The summed E-state index contributed by atoms with van der Waals surface area (Å²) in [5, 5.41) is 5.41. The van der Waals surface area contributed by atoms with E-state index in [0.717, 1.165) is 30.6 Å². The van der Waals surface area contributed by atoms with E-state index in [4.69, 9.17) is 0 Å². The summed E-state index contributed by atoms with van der Waals surface area (Å²) in [5.41, 5.74) is 0.705. The zero-order valence-corrected chi connectivity index (χ0v) is 18.7. The number of carbonyl (C=O) groups is 2. The predicted octanol–water partition coefficient (Wildman–Crippen LogP) is 2.08. The molecule has 0 radical (unpaired) electrons. The van der Waals surface area contributed by atoms with E-state index < -0.39 is 10.0 Å². The summed E-state index contributed by atoms with van der Waals surface area (Å²) in [5.74, 6) is -0.808. The largest absolute Gasteiger partial charge is 0.354 e. The Morgan fingerprint density at radius 2 is 1.52 bits per heavy atom. The predicted molar refractivity (Wildman–Crippen MR) is 117 cm³/mol. The minimum Gasteiger partial charge on any atom is -0.354 e. The Balaban J connectivity index is 1.39. The molecule has 1 aromatic carbocycles. The number of nitrogens with one attached hydrogen (secondary N) is 2. The van der Waals surface area contributed by atoms with Gasteiger partial charge in [-0.2, -0.15) is 4.31 Å². The summed E-state index contributed by atoms with van der Waals surface area (Å²) in [4.78, 5) is 24.7. The highest BCUT2D eigenvalue weighted by Gasteiger charge is 2.27. The first kappa shape index (κ1) is 23.4. The average molecular weight is 468 g/mol. The van der Waals surface area contributed by atoms with Crippen LogP contribution < -0.4 is 10.6 Å². The van der Waals surface area contributed by atoms with Crippen LogP contribution in [0.4, 0.5) is 4.39 Å². The van der Waals surface area contributed by atoms with E-state index in [9.17, 15) is 22.4 Å². The lowest BCUT2D eigenvalue weighted by Gasteiger charge is -2.25. The highest BCUT2D eigenvalue weighted by atomic mass is 32.2. The topological polar surface area (TPSA) is 95.6 Å². The van der Waals surface area contributed by atoms with Gasteiger partial charge in [-0.15, -0.1) is 11.3 Å². The number of rotatable bonds is 9. The first-order chi connectivity index (χ1) is 14.8. The molecule has 0 saturated carbocycles. The van der Waals surface area contributed by atoms with E-state index in [1.807, 2.05) is 0 Å². The lowest BCUT2D eigenvalue weighted by Crippen LogP contribution is -2.35. The van der Waals surface area contributed by atoms with Crippen molar-refractivity contribution in [2.75, 3.05) is 26.2 Å². The van der Waals surface area contributed by atoms with Crippen LogP contribution in [0.2, 0.25) is 0 Å².